The van der Waals surface area contributed by atoms with Crippen LogP contribution in [-0.2, 0) is 23.5 Å². The highest BCUT2D eigenvalue weighted by atomic mass is 35.5. The van der Waals surface area contributed by atoms with E-state index in [-0.39, 0.29) is 23.6 Å². The zero-order valence-corrected chi connectivity index (χ0v) is 18.4. The molecule has 0 bridgehead atoms. The fraction of sp³-hybridized carbons (Fsp3) is 0.217. The maximum Gasteiger partial charge on any atom is 0.244 e. The Morgan fingerprint density at radius 3 is 2.47 bits per heavy atom. The van der Waals surface area contributed by atoms with Gasteiger partial charge in [-0.25, -0.2) is 0 Å². The molecule has 156 valence electrons. The van der Waals surface area contributed by atoms with Crippen LogP contribution in [0.1, 0.15) is 18.2 Å². The number of aryl methyl sites for hydroxylation is 1. The average Bonchev–Trinajstić information content (AvgIpc) is 2.75. The number of carbonyl (C=O) groups is 1. The Morgan fingerprint density at radius 2 is 1.83 bits per heavy atom. The molecule has 0 radical (unpaired) electrons. The summed E-state index contributed by atoms with van der Waals surface area (Å²) in [5.41, 5.74) is 2.47. The van der Waals surface area contributed by atoms with Gasteiger partial charge in [0.25, 0.3) is 0 Å². The van der Waals surface area contributed by atoms with Crippen LogP contribution in [0.4, 0.5) is 5.69 Å². The zero-order valence-electron chi connectivity index (χ0n) is 16.9. The van der Waals surface area contributed by atoms with Crippen LogP contribution in [0.2, 0.25) is 5.02 Å². The van der Waals surface area contributed by atoms with Gasteiger partial charge in [-0.1, -0.05) is 30.7 Å². The van der Waals surface area contributed by atoms with Crippen molar-refractivity contribution in [2.45, 2.75) is 30.5 Å². The van der Waals surface area contributed by atoms with Crippen LogP contribution in [0.3, 0.4) is 0 Å². The lowest BCUT2D eigenvalue weighted by molar-refractivity contribution is -0.116. The number of thioether (sulfide) groups is 1. The minimum absolute atomic E-state index is 0.0721. The number of ether oxygens (including phenoxy) is 1. The van der Waals surface area contributed by atoms with Crippen LogP contribution in [0.25, 0.3) is 0 Å². The minimum atomic E-state index is -0.212. The molecular formula is C23H23ClN2O3S. The van der Waals surface area contributed by atoms with Gasteiger partial charge in [0.15, 0.2) is 5.75 Å². The molecule has 5 nitrogen and oxygen atoms in total. The van der Waals surface area contributed by atoms with Crippen molar-refractivity contribution in [2.24, 2.45) is 0 Å². The third-order valence-electron chi connectivity index (χ3n) is 4.56. The molecule has 1 N–H and O–H groups in total. The smallest absolute Gasteiger partial charge is 0.244 e. The summed E-state index contributed by atoms with van der Waals surface area (Å²) < 4.78 is 6.90. The number of anilines is 1. The van der Waals surface area contributed by atoms with Crippen LogP contribution < -0.4 is 15.5 Å². The summed E-state index contributed by atoms with van der Waals surface area (Å²) in [5, 5.41) is 3.57. The van der Waals surface area contributed by atoms with Gasteiger partial charge in [0.2, 0.25) is 11.3 Å². The SMILES string of the molecule is CCc1ccc(NC(=O)Cn2cc(OC)c(=O)cc2CSc2ccc(Cl)cc2)cc1. The molecule has 30 heavy (non-hydrogen) atoms. The first kappa shape index (κ1) is 22.0. The standard InChI is InChI=1S/C23H23ClN2O3S/c1-3-16-4-8-18(9-5-16)25-23(28)14-26-13-22(29-2)21(27)12-19(26)15-30-20-10-6-17(24)7-11-20/h4-13H,3,14-15H2,1-2H3,(H,25,28). The monoisotopic (exact) mass is 442 g/mol. The summed E-state index contributed by atoms with van der Waals surface area (Å²) in [6.45, 7) is 2.16. The number of hydrogen-bond donors (Lipinski definition) is 1. The topological polar surface area (TPSA) is 60.3 Å². The molecule has 0 saturated carbocycles. The van der Waals surface area contributed by atoms with E-state index in [9.17, 15) is 9.59 Å². The molecule has 3 aromatic rings. The quantitative estimate of drug-likeness (QED) is 0.498. The van der Waals surface area contributed by atoms with Crippen molar-refractivity contribution in [3.8, 4) is 5.75 Å². The molecule has 0 saturated heterocycles. The fourth-order valence-corrected chi connectivity index (χ4v) is 3.90. The number of nitrogens with zero attached hydrogens (tertiary/aromatic N) is 1. The zero-order chi connectivity index (χ0) is 21.5. The number of amides is 1. The third-order valence-corrected chi connectivity index (χ3v) is 5.86. The molecule has 0 atom stereocenters. The molecule has 3 rings (SSSR count). The molecule has 0 unspecified atom stereocenters. The Balaban J connectivity index is 1.76. The molecule has 2 aromatic carbocycles. The van der Waals surface area contributed by atoms with E-state index in [0.717, 1.165) is 22.7 Å². The second-order valence-electron chi connectivity index (χ2n) is 6.67. The fourth-order valence-electron chi connectivity index (χ4n) is 2.89. The van der Waals surface area contributed by atoms with Gasteiger partial charge in [-0.05, 0) is 48.4 Å². The van der Waals surface area contributed by atoms with E-state index < -0.39 is 0 Å². The first-order valence-electron chi connectivity index (χ1n) is 9.53. The third kappa shape index (κ3) is 5.90. The van der Waals surface area contributed by atoms with Gasteiger partial charge in [0.1, 0.15) is 6.54 Å². The molecule has 7 heteroatoms. The molecule has 1 amide bonds. The summed E-state index contributed by atoms with van der Waals surface area (Å²) in [4.78, 5) is 25.9. The van der Waals surface area contributed by atoms with E-state index in [4.69, 9.17) is 16.3 Å². The van der Waals surface area contributed by atoms with E-state index in [1.165, 1.54) is 18.7 Å². The van der Waals surface area contributed by atoms with E-state index in [1.807, 2.05) is 48.5 Å². The second-order valence-corrected chi connectivity index (χ2v) is 8.15. The van der Waals surface area contributed by atoms with Crippen LogP contribution in [0.15, 0.2) is 70.5 Å². The van der Waals surface area contributed by atoms with Crippen molar-refractivity contribution < 1.29 is 9.53 Å². The molecule has 0 aliphatic heterocycles. The first-order chi connectivity index (χ1) is 14.5. The molecule has 0 fully saturated rings. The first-order valence-corrected chi connectivity index (χ1v) is 10.9. The summed E-state index contributed by atoms with van der Waals surface area (Å²) in [6.07, 6.45) is 2.53. The van der Waals surface area contributed by atoms with Crippen molar-refractivity contribution in [3.05, 3.63) is 87.3 Å². The van der Waals surface area contributed by atoms with Crippen LogP contribution in [-0.4, -0.2) is 17.6 Å². The van der Waals surface area contributed by atoms with Gasteiger partial charge in [-0.15, -0.1) is 11.8 Å². The van der Waals surface area contributed by atoms with E-state index in [2.05, 4.69) is 12.2 Å². The van der Waals surface area contributed by atoms with Crippen molar-refractivity contribution in [1.29, 1.82) is 0 Å². The normalized spacial score (nSPS) is 10.6. The molecule has 0 aliphatic carbocycles. The summed E-state index contributed by atoms with van der Waals surface area (Å²) in [7, 11) is 1.44. The highest BCUT2D eigenvalue weighted by Gasteiger charge is 2.12. The summed E-state index contributed by atoms with van der Waals surface area (Å²) >= 11 is 7.50. The highest BCUT2D eigenvalue weighted by Crippen LogP contribution is 2.24. The molecular weight excluding hydrogens is 420 g/mol. The van der Waals surface area contributed by atoms with Gasteiger partial charge in [0, 0.05) is 33.1 Å². The van der Waals surface area contributed by atoms with Crippen LogP contribution >= 0.6 is 23.4 Å². The largest absolute Gasteiger partial charge is 0.491 e. The van der Waals surface area contributed by atoms with Crippen LogP contribution in [0, 0.1) is 0 Å². The number of methoxy groups -OCH3 is 1. The second kappa shape index (κ2) is 10.4. The summed E-state index contributed by atoms with van der Waals surface area (Å²) in [5.74, 6) is 0.553. The van der Waals surface area contributed by atoms with Crippen molar-refractivity contribution in [3.63, 3.8) is 0 Å². The Bertz CT molecular complexity index is 1060. The van der Waals surface area contributed by atoms with E-state index in [1.54, 1.807) is 22.5 Å². The predicted octanol–water partition coefficient (Wildman–Crippen LogP) is 5.00. The Labute approximate surface area is 185 Å². The number of aromatic nitrogens is 1. The Hall–Kier alpha value is -2.70. The number of pyridine rings is 1. The Kier molecular flexibility index (Phi) is 7.60. The maximum absolute atomic E-state index is 12.6. The van der Waals surface area contributed by atoms with Gasteiger partial charge in [-0.2, -0.15) is 0 Å². The lowest BCUT2D eigenvalue weighted by Crippen LogP contribution is -2.22. The number of halogens is 1. The molecule has 0 spiro atoms. The van der Waals surface area contributed by atoms with Crippen molar-refractivity contribution in [2.75, 3.05) is 12.4 Å². The van der Waals surface area contributed by atoms with Gasteiger partial charge in [0.05, 0.1) is 13.3 Å². The van der Waals surface area contributed by atoms with Crippen LogP contribution in [0.5, 0.6) is 5.75 Å². The van der Waals surface area contributed by atoms with Gasteiger partial charge >= 0.3 is 0 Å². The number of rotatable bonds is 8. The van der Waals surface area contributed by atoms with Crippen molar-refractivity contribution in [1.82, 2.24) is 4.57 Å². The Morgan fingerprint density at radius 1 is 1.13 bits per heavy atom. The van der Waals surface area contributed by atoms with E-state index >= 15 is 0 Å². The number of nitrogens with one attached hydrogen (secondary N) is 1. The van der Waals surface area contributed by atoms with E-state index in [0.29, 0.717) is 10.8 Å². The lowest BCUT2D eigenvalue weighted by Gasteiger charge is -2.15. The van der Waals surface area contributed by atoms with Gasteiger partial charge < -0.3 is 14.6 Å². The number of benzene rings is 2. The molecule has 0 aliphatic rings. The minimum Gasteiger partial charge on any atom is -0.491 e. The number of carbonyl (C=O) groups excluding carboxylic acids is 1. The van der Waals surface area contributed by atoms with Crippen molar-refractivity contribution >= 4 is 35.0 Å². The molecule has 1 heterocycles. The summed E-state index contributed by atoms with van der Waals surface area (Å²) in [6, 6.07) is 16.8. The maximum atomic E-state index is 12.6. The highest BCUT2D eigenvalue weighted by molar-refractivity contribution is 7.98. The average molecular weight is 443 g/mol. The van der Waals surface area contributed by atoms with Gasteiger partial charge in [-0.3, -0.25) is 9.59 Å². The lowest BCUT2D eigenvalue weighted by atomic mass is 10.1. The molecule has 1 aromatic heterocycles. The predicted molar refractivity (Wildman–Crippen MR) is 123 cm³/mol. The number of hydrogen-bond acceptors (Lipinski definition) is 4.